The van der Waals surface area contributed by atoms with Gasteiger partial charge in [-0.05, 0) is 49.4 Å². The third kappa shape index (κ3) is 7.06. The van der Waals surface area contributed by atoms with Gasteiger partial charge in [0.2, 0.25) is 11.8 Å². The van der Waals surface area contributed by atoms with Crippen LogP contribution < -0.4 is 27.2 Å². The molecule has 0 saturated heterocycles. The Hall–Kier alpha value is -3.36. The molecule has 0 spiro atoms. The van der Waals surface area contributed by atoms with E-state index in [0.29, 0.717) is 18.7 Å². The summed E-state index contributed by atoms with van der Waals surface area (Å²) < 4.78 is 1.29. The van der Waals surface area contributed by atoms with Crippen LogP contribution in [0.3, 0.4) is 0 Å². The molecule has 0 bridgehead atoms. The lowest BCUT2D eigenvalue weighted by molar-refractivity contribution is -0.122. The van der Waals surface area contributed by atoms with E-state index in [2.05, 4.69) is 10.3 Å². The summed E-state index contributed by atoms with van der Waals surface area (Å²) in [5.41, 5.74) is 7.57. The number of amides is 2. The quantitative estimate of drug-likeness (QED) is 0.505. The number of hydrogen-bond acceptors (Lipinski definition) is 5. The van der Waals surface area contributed by atoms with Crippen molar-refractivity contribution in [3.8, 4) is 0 Å². The van der Waals surface area contributed by atoms with Gasteiger partial charge in [0.05, 0.1) is 0 Å². The lowest BCUT2D eigenvalue weighted by atomic mass is 10.1. The van der Waals surface area contributed by atoms with Gasteiger partial charge in [-0.1, -0.05) is 33.3 Å². The molecular formula is C24H35N5O4. The molecule has 1 aromatic heterocycles. The largest absolute Gasteiger partial charge is 0.383 e. The maximum absolute atomic E-state index is 13.1. The predicted octanol–water partition coefficient (Wildman–Crippen LogP) is 2.94. The molecule has 180 valence electrons. The lowest BCUT2D eigenvalue weighted by Crippen LogP contribution is -2.42. The maximum atomic E-state index is 13.1. The van der Waals surface area contributed by atoms with Crippen molar-refractivity contribution in [1.29, 1.82) is 0 Å². The van der Waals surface area contributed by atoms with Gasteiger partial charge >= 0.3 is 5.69 Å². The predicted molar refractivity (Wildman–Crippen MR) is 132 cm³/mol. The molecule has 33 heavy (non-hydrogen) atoms. The molecular weight excluding hydrogens is 422 g/mol. The van der Waals surface area contributed by atoms with Crippen LogP contribution in [-0.2, 0) is 16.1 Å². The number of hydrogen-bond donors (Lipinski definition) is 3. The smallest absolute Gasteiger partial charge is 0.330 e. The van der Waals surface area contributed by atoms with Gasteiger partial charge in [0.25, 0.3) is 5.56 Å². The lowest BCUT2D eigenvalue weighted by Gasteiger charge is -2.26. The molecule has 0 atom stereocenters. The van der Waals surface area contributed by atoms with Gasteiger partial charge in [-0.15, -0.1) is 0 Å². The highest BCUT2D eigenvalue weighted by molar-refractivity contribution is 5.99. The van der Waals surface area contributed by atoms with Crippen molar-refractivity contribution in [3.05, 3.63) is 50.2 Å². The first-order chi connectivity index (χ1) is 15.5. The van der Waals surface area contributed by atoms with E-state index in [1.165, 1.54) is 9.47 Å². The molecule has 0 fully saturated rings. The second kappa shape index (κ2) is 11.5. The van der Waals surface area contributed by atoms with Crippen molar-refractivity contribution in [2.45, 2.75) is 66.8 Å². The molecule has 1 aromatic carbocycles. The van der Waals surface area contributed by atoms with Crippen LogP contribution >= 0.6 is 0 Å². The summed E-state index contributed by atoms with van der Waals surface area (Å²) in [6.07, 6.45) is 1.39. The minimum absolute atomic E-state index is 0.0351. The number of nitrogens with one attached hydrogen (secondary N) is 2. The summed E-state index contributed by atoms with van der Waals surface area (Å²) in [5, 5.41) is 2.81. The van der Waals surface area contributed by atoms with Gasteiger partial charge in [-0.3, -0.25) is 23.9 Å². The highest BCUT2D eigenvalue weighted by Crippen LogP contribution is 2.20. The molecule has 2 amide bonds. The molecule has 9 nitrogen and oxygen atoms in total. The minimum Gasteiger partial charge on any atom is -0.383 e. The molecule has 2 rings (SSSR count). The van der Waals surface area contributed by atoms with Crippen molar-refractivity contribution in [2.24, 2.45) is 5.92 Å². The summed E-state index contributed by atoms with van der Waals surface area (Å²) in [7, 11) is 0. The molecule has 0 aliphatic rings. The fraction of sp³-hybridized carbons (Fsp3) is 0.500. The fourth-order valence-corrected chi connectivity index (χ4v) is 3.69. The first kappa shape index (κ1) is 25.9. The Morgan fingerprint density at radius 3 is 2.33 bits per heavy atom. The van der Waals surface area contributed by atoms with Crippen LogP contribution in [0.1, 0.15) is 57.6 Å². The number of nitrogens with zero attached hydrogens (tertiary/aromatic N) is 2. The normalized spacial score (nSPS) is 11.0. The molecule has 0 aliphatic carbocycles. The first-order valence-corrected chi connectivity index (χ1v) is 11.3. The third-order valence-corrected chi connectivity index (χ3v) is 5.14. The van der Waals surface area contributed by atoms with Crippen molar-refractivity contribution >= 4 is 29.0 Å². The fourth-order valence-electron chi connectivity index (χ4n) is 3.69. The Morgan fingerprint density at radius 2 is 1.76 bits per heavy atom. The van der Waals surface area contributed by atoms with Gasteiger partial charge < -0.3 is 16.0 Å². The van der Waals surface area contributed by atoms with E-state index in [4.69, 9.17) is 5.73 Å². The minimum atomic E-state index is -0.709. The third-order valence-electron chi connectivity index (χ3n) is 5.14. The Balaban J connectivity index is 2.24. The van der Waals surface area contributed by atoms with E-state index in [1.54, 1.807) is 0 Å². The molecule has 0 radical (unpaired) electrons. The van der Waals surface area contributed by atoms with Crippen LogP contribution in [0, 0.1) is 19.8 Å². The topological polar surface area (TPSA) is 130 Å². The monoisotopic (exact) mass is 457 g/mol. The van der Waals surface area contributed by atoms with E-state index in [0.717, 1.165) is 17.5 Å². The Bertz CT molecular complexity index is 1100. The number of benzene rings is 1. The number of aromatic nitrogens is 2. The van der Waals surface area contributed by atoms with Crippen LogP contribution in [0.15, 0.2) is 27.8 Å². The van der Waals surface area contributed by atoms with Crippen LogP contribution in [0.5, 0.6) is 0 Å². The van der Waals surface area contributed by atoms with Crippen LogP contribution in [-0.4, -0.2) is 27.9 Å². The molecule has 1 heterocycles. The number of H-pyrrole nitrogens is 1. The summed E-state index contributed by atoms with van der Waals surface area (Å²) in [4.78, 5) is 54.0. The van der Waals surface area contributed by atoms with Crippen molar-refractivity contribution in [1.82, 2.24) is 9.55 Å². The number of carbonyl (C=O) groups excluding carboxylic acids is 2. The highest BCUT2D eigenvalue weighted by Gasteiger charge is 2.25. The molecule has 4 N–H and O–H groups in total. The number of unbranched alkanes of at least 4 members (excludes halogenated alkanes) is 1. The summed E-state index contributed by atoms with van der Waals surface area (Å²) in [6, 6.07) is 5.72. The number of rotatable bonds is 10. The van der Waals surface area contributed by atoms with Gasteiger partial charge in [0.15, 0.2) is 5.69 Å². The van der Waals surface area contributed by atoms with E-state index >= 15 is 0 Å². The van der Waals surface area contributed by atoms with E-state index in [-0.39, 0.29) is 42.7 Å². The number of anilines is 3. The number of nitrogen functional groups attached to an aromatic ring is 1. The molecule has 2 aromatic rings. The van der Waals surface area contributed by atoms with Gasteiger partial charge in [-0.2, -0.15) is 0 Å². The Morgan fingerprint density at radius 1 is 1.12 bits per heavy atom. The number of nitrogens with two attached hydrogens (primary N) is 1. The summed E-state index contributed by atoms with van der Waals surface area (Å²) >= 11 is 0. The molecule has 9 heteroatoms. The molecule has 0 aliphatic heterocycles. The number of carbonyl (C=O) groups is 2. The molecule has 0 saturated carbocycles. The second-order valence-corrected chi connectivity index (χ2v) is 8.82. The highest BCUT2D eigenvalue weighted by atomic mass is 16.2. The average molecular weight is 458 g/mol. The SMILES string of the molecule is CCCCn1c(N)c(N(CC(C)C)C(=O)CCC(=O)Nc2cc(C)cc(C)c2)c(=O)[nH]c1=O. The average Bonchev–Trinajstić information content (AvgIpc) is 2.70. The van der Waals surface area contributed by atoms with Crippen molar-refractivity contribution < 1.29 is 9.59 Å². The van der Waals surface area contributed by atoms with E-state index < -0.39 is 17.2 Å². The zero-order valence-corrected chi connectivity index (χ0v) is 20.2. The standard InChI is InChI=1S/C24H35N5O4/c1-6-7-10-28-22(25)21(23(32)27-24(28)33)29(14-15(2)3)20(31)9-8-19(30)26-18-12-16(4)11-17(5)13-18/h11-13,15H,6-10,14,25H2,1-5H3,(H,26,30)(H,27,32,33). The van der Waals surface area contributed by atoms with E-state index in [9.17, 15) is 19.2 Å². The maximum Gasteiger partial charge on any atom is 0.330 e. The van der Waals surface area contributed by atoms with Gasteiger partial charge in [0, 0.05) is 31.6 Å². The van der Waals surface area contributed by atoms with Gasteiger partial charge in [0.1, 0.15) is 5.82 Å². The summed E-state index contributed by atoms with van der Waals surface area (Å²) in [6.45, 7) is 10.3. The number of aromatic amines is 1. The van der Waals surface area contributed by atoms with Crippen LogP contribution in [0.4, 0.5) is 17.2 Å². The zero-order valence-electron chi connectivity index (χ0n) is 20.2. The van der Waals surface area contributed by atoms with Crippen LogP contribution in [0.2, 0.25) is 0 Å². The Labute approximate surface area is 194 Å². The Kier molecular flexibility index (Phi) is 9.02. The summed E-state index contributed by atoms with van der Waals surface area (Å²) in [5.74, 6) is -0.705. The van der Waals surface area contributed by atoms with Crippen molar-refractivity contribution in [2.75, 3.05) is 22.5 Å². The first-order valence-electron chi connectivity index (χ1n) is 11.3. The van der Waals surface area contributed by atoms with Crippen LogP contribution in [0.25, 0.3) is 0 Å². The zero-order chi connectivity index (χ0) is 24.7. The number of aryl methyl sites for hydroxylation is 2. The van der Waals surface area contributed by atoms with E-state index in [1.807, 2.05) is 52.8 Å². The molecule has 0 unspecified atom stereocenters. The van der Waals surface area contributed by atoms with Gasteiger partial charge in [-0.25, -0.2) is 4.79 Å². The van der Waals surface area contributed by atoms with Crippen molar-refractivity contribution in [3.63, 3.8) is 0 Å². The second-order valence-electron chi connectivity index (χ2n) is 8.82.